The van der Waals surface area contributed by atoms with Gasteiger partial charge in [0.1, 0.15) is 5.69 Å². The fourth-order valence-electron chi connectivity index (χ4n) is 8.36. The van der Waals surface area contributed by atoms with Crippen LogP contribution in [-0.4, -0.2) is 87.1 Å². The van der Waals surface area contributed by atoms with Gasteiger partial charge in [0.05, 0.1) is 24.2 Å². The molecular weight excluding hydrogens is 652 g/mol. The summed E-state index contributed by atoms with van der Waals surface area (Å²) >= 11 is 0. The van der Waals surface area contributed by atoms with Crippen molar-refractivity contribution in [2.24, 2.45) is 29.6 Å². The van der Waals surface area contributed by atoms with Gasteiger partial charge < -0.3 is 20.9 Å². The number of nitrogens with one attached hydrogen (secondary N) is 3. The van der Waals surface area contributed by atoms with Crippen molar-refractivity contribution in [2.45, 2.75) is 115 Å². The van der Waals surface area contributed by atoms with Gasteiger partial charge in [-0.05, 0) is 68.8 Å². The number of fused-ring (bicyclic) bond motifs is 1. The number of hydrogen-bond donors (Lipinski definition) is 3. The molecule has 3 N–H and O–H groups in total. The largest absolute Gasteiger partial charge is 0.352 e. The van der Waals surface area contributed by atoms with Gasteiger partial charge in [-0.25, -0.2) is 4.98 Å². The van der Waals surface area contributed by atoms with E-state index in [0.717, 1.165) is 70.3 Å². The van der Waals surface area contributed by atoms with Gasteiger partial charge in [-0.3, -0.25) is 38.5 Å². The first-order chi connectivity index (χ1) is 24.6. The number of amides is 4. The van der Waals surface area contributed by atoms with Crippen molar-refractivity contribution in [1.82, 2.24) is 30.8 Å². The summed E-state index contributed by atoms with van der Waals surface area (Å²) in [6.07, 6.45) is 14.4. The Morgan fingerprint density at radius 3 is 2.37 bits per heavy atom. The van der Waals surface area contributed by atoms with Crippen molar-refractivity contribution in [2.75, 3.05) is 13.1 Å². The van der Waals surface area contributed by atoms with E-state index in [1.54, 1.807) is 4.90 Å². The Balaban J connectivity index is 1.37. The molecule has 276 valence electrons. The second-order valence-electron chi connectivity index (χ2n) is 14.8. The van der Waals surface area contributed by atoms with Gasteiger partial charge in [-0.2, -0.15) is 0 Å². The molecule has 13 nitrogen and oxygen atoms in total. The summed E-state index contributed by atoms with van der Waals surface area (Å²) < 4.78 is 0. The average Bonchev–Trinajstić information content (AvgIpc) is 3.71. The quantitative estimate of drug-likeness (QED) is 0.153. The van der Waals surface area contributed by atoms with Crippen LogP contribution in [0, 0.1) is 29.6 Å². The van der Waals surface area contributed by atoms with Crippen LogP contribution in [0.25, 0.3) is 0 Å². The van der Waals surface area contributed by atoms with E-state index < -0.39 is 53.3 Å². The third kappa shape index (κ3) is 9.74. The number of Topliss-reactive ketones (excluding diaryl/α,β-unsaturated/α-hetero) is 3. The molecule has 4 aliphatic rings. The number of carbonyl (C=O) groups excluding carboxylic acids is 7. The highest BCUT2D eigenvalue weighted by Gasteiger charge is 2.51. The number of likely N-dealkylation sites (tertiary alicyclic amines) is 1. The first-order valence-corrected chi connectivity index (χ1v) is 18.8. The van der Waals surface area contributed by atoms with E-state index in [1.807, 2.05) is 6.92 Å². The molecule has 1 aromatic heterocycles. The summed E-state index contributed by atoms with van der Waals surface area (Å²) in [4.78, 5) is 104. The minimum absolute atomic E-state index is 0.0147. The zero-order valence-corrected chi connectivity index (χ0v) is 29.6. The van der Waals surface area contributed by atoms with Crippen LogP contribution < -0.4 is 16.0 Å². The monoisotopic (exact) mass is 704 g/mol. The SMILES string of the molecule is C=CC(=O)NC[C@H](CC(=O)[C@@H](NC(=O)c1cnccn1)C1CCCCC1)C(=O)N1C[C@@H]2CCC[C@@H]2[C@H]1C(=O)C[C@@H](CCC)C(=O)C(=O)NC1CC1. The molecule has 3 aliphatic carbocycles. The third-order valence-corrected chi connectivity index (χ3v) is 11.2. The van der Waals surface area contributed by atoms with E-state index in [4.69, 9.17) is 0 Å². The molecule has 13 heteroatoms. The van der Waals surface area contributed by atoms with Gasteiger partial charge in [0.2, 0.25) is 17.6 Å². The van der Waals surface area contributed by atoms with Crippen molar-refractivity contribution in [1.29, 1.82) is 0 Å². The molecule has 1 aromatic rings. The van der Waals surface area contributed by atoms with Crippen molar-refractivity contribution in [3.05, 3.63) is 36.9 Å². The van der Waals surface area contributed by atoms with Crippen LogP contribution in [0.4, 0.5) is 0 Å². The second kappa shape index (κ2) is 17.8. The number of nitrogens with zero attached hydrogens (tertiary/aromatic N) is 3. The maximum Gasteiger partial charge on any atom is 0.287 e. The van der Waals surface area contributed by atoms with E-state index >= 15 is 0 Å². The maximum atomic E-state index is 14.6. The molecule has 0 spiro atoms. The van der Waals surface area contributed by atoms with Gasteiger partial charge in [0.25, 0.3) is 11.8 Å². The zero-order valence-electron chi connectivity index (χ0n) is 29.6. The van der Waals surface area contributed by atoms with E-state index in [9.17, 15) is 33.6 Å². The minimum atomic E-state index is -1.01. The van der Waals surface area contributed by atoms with Crippen LogP contribution in [0.2, 0.25) is 0 Å². The van der Waals surface area contributed by atoms with Crippen LogP contribution in [0.1, 0.15) is 107 Å². The number of ketones is 3. The zero-order chi connectivity index (χ0) is 36.5. The Bertz CT molecular complexity index is 1470. The van der Waals surface area contributed by atoms with Crippen LogP contribution >= 0.6 is 0 Å². The summed E-state index contributed by atoms with van der Waals surface area (Å²) in [5.74, 6) is -5.19. The number of carbonyl (C=O) groups is 7. The lowest BCUT2D eigenvalue weighted by Gasteiger charge is -2.33. The van der Waals surface area contributed by atoms with Crippen molar-refractivity contribution < 1.29 is 33.6 Å². The summed E-state index contributed by atoms with van der Waals surface area (Å²) in [5, 5.41) is 8.31. The summed E-state index contributed by atoms with van der Waals surface area (Å²) in [7, 11) is 0. The average molecular weight is 705 g/mol. The topological polar surface area (TPSA) is 185 Å². The number of aromatic nitrogens is 2. The molecule has 4 amide bonds. The normalized spacial score (nSPS) is 23.3. The lowest BCUT2D eigenvalue weighted by atomic mass is 9.80. The molecule has 0 unspecified atom stereocenters. The first-order valence-electron chi connectivity index (χ1n) is 18.8. The van der Waals surface area contributed by atoms with Gasteiger partial charge >= 0.3 is 0 Å². The van der Waals surface area contributed by atoms with E-state index in [0.29, 0.717) is 19.4 Å². The Labute approximate surface area is 299 Å². The Hall–Kier alpha value is -4.29. The fourth-order valence-corrected chi connectivity index (χ4v) is 8.36. The van der Waals surface area contributed by atoms with E-state index in [1.165, 1.54) is 18.6 Å². The van der Waals surface area contributed by atoms with Crippen LogP contribution in [-0.2, 0) is 28.8 Å². The van der Waals surface area contributed by atoms with Crippen molar-refractivity contribution >= 4 is 41.0 Å². The Morgan fingerprint density at radius 2 is 1.71 bits per heavy atom. The highest BCUT2D eigenvalue weighted by molar-refractivity contribution is 6.37. The summed E-state index contributed by atoms with van der Waals surface area (Å²) in [6.45, 7) is 5.58. The molecule has 3 saturated carbocycles. The molecular formula is C38H52N6O7. The molecule has 51 heavy (non-hydrogen) atoms. The summed E-state index contributed by atoms with van der Waals surface area (Å²) in [6, 6.07) is -1.65. The van der Waals surface area contributed by atoms with Gasteiger partial charge in [-0.15, -0.1) is 0 Å². The Kier molecular flexibility index (Phi) is 13.2. The van der Waals surface area contributed by atoms with Crippen LogP contribution in [0.3, 0.4) is 0 Å². The predicted octanol–water partition coefficient (Wildman–Crippen LogP) is 2.88. The molecule has 2 heterocycles. The molecule has 5 rings (SSSR count). The van der Waals surface area contributed by atoms with Crippen LogP contribution in [0.5, 0.6) is 0 Å². The van der Waals surface area contributed by atoms with Gasteiger partial charge in [0, 0.05) is 50.3 Å². The van der Waals surface area contributed by atoms with Crippen molar-refractivity contribution in [3.63, 3.8) is 0 Å². The standard InChI is InChI=1S/C38H52N6O7/c1-3-9-24(35(48)37(50)42-27-14-15-27)18-31(46)34-28-13-8-12-25(28)22-44(34)38(51)26(20-41-32(47)4-2)19-30(45)33(23-10-6-5-7-11-23)43-36(49)29-21-39-16-17-40-29/h4,16-17,21,23-28,33-34H,2-3,5-15,18-20,22H2,1H3,(H,41,47)(H,42,50)(H,43,49)/t24-,25+,26+,28+,33+,34+/m1/s1. The van der Waals surface area contributed by atoms with Gasteiger partial charge in [0.15, 0.2) is 11.6 Å². The molecule has 0 radical (unpaired) electrons. The molecule has 6 atom stereocenters. The minimum Gasteiger partial charge on any atom is -0.352 e. The highest BCUT2D eigenvalue weighted by Crippen LogP contribution is 2.44. The smallest absolute Gasteiger partial charge is 0.287 e. The maximum absolute atomic E-state index is 14.6. The lowest BCUT2D eigenvalue weighted by molar-refractivity contribution is -0.145. The third-order valence-electron chi connectivity index (χ3n) is 11.2. The molecule has 0 aromatic carbocycles. The molecule has 1 saturated heterocycles. The molecule has 0 bridgehead atoms. The first kappa shape index (κ1) is 38.0. The number of hydrogen-bond acceptors (Lipinski definition) is 9. The second-order valence-corrected chi connectivity index (χ2v) is 14.8. The highest BCUT2D eigenvalue weighted by atomic mass is 16.2. The van der Waals surface area contributed by atoms with E-state index in [-0.39, 0.29) is 60.4 Å². The Morgan fingerprint density at radius 1 is 0.941 bits per heavy atom. The summed E-state index contributed by atoms with van der Waals surface area (Å²) in [5.41, 5.74) is 0.0758. The molecule has 1 aliphatic heterocycles. The number of rotatable bonds is 18. The molecule has 4 fully saturated rings. The fraction of sp³-hybridized carbons (Fsp3) is 0.658. The lowest BCUT2D eigenvalue weighted by Crippen LogP contribution is -2.51. The van der Waals surface area contributed by atoms with Gasteiger partial charge in [-0.1, -0.05) is 45.6 Å². The van der Waals surface area contributed by atoms with Crippen molar-refractivity contribution in [3.8, 4) is 0 Å². The van der Waals surface area contributed by atoms with E-state index in [2.05, 4.69) is 32.5 Å². The predicted molar refractivity (Wildman–Crippen MR) is 187 cm³/mol. The van der Waals surface area contributed by atoms with Crippen LogP contribution in [0.15, 0.2) is 31.2 Å².